The van der Waals surface area contributed by atoms with Crippen LogP contribution in [0.15, 0.2) is 0 Å². The van der Waals surface area contributed by atoms with Crippen LogP contribution in [0.25, 0.3) is 0 Å². The number of halogens is 3. The van der Waals surface area contributed by atoms with E-state index >= 15 is 0 Å². The van der Waals surface area contributed by atoms with E-state index in [1.54, 1.807) is 4.90 Å². The van der Waals surface area contributed by atoms with E-state index in [-0.39, 0.29) is 26.1 Å². The number of rotatable bonds is 4. The molecule has 1 aliphatic carbocycles. The van der Waals surface area contributed by atoms with Gasteiger partial charge in [0.25, 0.3) is 5.92 Å². The van der Waals surface area contributed by atoms with Crippen molar-refractivity contribution >= 4 is 5.97 Å². The van der Waals surface area contributed by atoms with Crippen LogP contribution in [0.2, 0.25) is 0 Å². The van der Waals surface area contributed by atoms with Gasteiger partial charge in [0.2, 0.25) is 0 Å². The van der Waals surface area contributed by atoms with Crippen LogP contribution in [0.4, 0.5) is 13.2 Å². The molecule has 0 unspecified atom stereocenters. The van der Waals surface area contributed by atoms with E-state index in [9.17, 15) is 18.0 Å². The molecule has 0 aromatic rings. The van der Waals surface area contributed by atoms with Crippen LogP contribution >= 0.6 is 0 Å². The molecule has 17 heavy (non-hydrogen) atoms. The Morgan fingerprint density at radius 1 is 1.53 bits per heavy atom. The van der Waals surface area contributed by atoms with Crippen molar-refractivity contribution in [3.05, 3.63) is 0 Å². The highest BCUT2D eigenvalue weighted by Gasteiger charge is 2.72. The van der Waals surface area contributed by atoms with Gasteiger partial charge in [-0.3, -0.25) is 9.69 Å². The van der Waals surface area contributed by atoms with Crippen molar-refractivity contribution in [3.8, 4) is 0 Å². The van der Waals surface area contributed by atoms with Gasteiger partial charge < -0.3 is 4.74 Å². The predicted octanol–water partition coefficient (Wildman–Crippen LogP) is 1.62. The number of carbonyl (C=O) groups is 1. The zero-order valence-corrected chi connectivity index (χ0v) is 9.72. The zero-order chi connectivity index (χ0) is 12.7. The van der Waals surface area contributed by atoms with Gasteiger partial charge in [-0.15, -0.1) is 0 Å². The minimum Gasteiger partial charge on any atom is -0.465 e. The zero-order valence-electron chi connectivity index (χ0n) is 9.72. The van der Waals surface area contributed by atoms with E-state index in [0.29, 0.717) is 13.0 Å². The van der Waals surface area contributed by atoms with Crippen molar-refractivity contribution in [2.75, 3.05) is 26.2 Å². The number of hydrogen-bond acceptors (Lipinski definition) is 3. The summed E-state index contributed by atoms with van der Waals surface area (Å²) in [5, 5.41) is 0. The first-order valence-electron chi connectivity index (χ1n) is 5.72. The second-order valence-electron chi connectivity index (χ2n) is 5.06. The molecule has 2 fully saturated rings. The van der Waals surface area contributed by atoms with Crippen LogP contribution in [0, 0.1) is 5.41 Å². The van der Waals surface area contributed by atoms with Crippen molar-refractivity contribution in [2.24, 2.45) is 5.41 Å². The predicted molar refractivity (Wildman–Crippen MR) is 54.6 cm³/mol. The van der Waals surface area contributed by atoms with Crippen molar-refractivity contribution in [2.45, 2.75) is 31.9 Å². The third-order valence-electron chi connectivity index (χ3n) is 3.50. The van der Waals surface area contributed by atoms with Gasteiger partial charge in [-0.25, -0.2) is 13.2 Å². The Bertz CT molecular complexity index is 324. The van der Waals surface area contributed by atoms with Gasteiger partial charge in [0.15, 0.2) is 0 Å². The molecule has 2 atom stereocenters. The minimum atomic E-state index is -2.79. The lowest BCUT2D eigenvalue weighted by atomic mass is 10.1. The average Bonchev–Trinajstić information content (AvgIpc) is 2.54. The molecular formula is C11H16F3NO2. The maximum Gasteiger partial charge on any atom is 0.302 e. The van der Waals surface area contributed by atoms with Crippen molar-refractivity contribution in [1.29, 1.82) is 0 Å². The van der Waals surface area contributed by atoms with E-state index in [0.717, 1.165) is 0 Å². The molecule has 3 nitrogen and oxygen atoms in total. The van der Waals surface area contributed by atoms with E-state index in [4.69, 9.17) is 4.74 Å². The second-order valence-corrected chi connectivity index (χ2v) is 5.06. The summed E-state index contributed by atoms with van der Waals surface area (Å²) in [7, 11) is 0. The maximum atomic E-state index is 13.3. The molecule has 0 N–H and O–H groups in total. The topological polar surface area (TPSA) is 29.5 Å². The SMILES string of the molecule is CC(=O)OC[C@]1(CN2CC[C@H](F)C2)CC1(F)F. The third kappa shape index (κ3) is 2.56. The summed E-state index contributed by atoms with van der Waals surface area (Å²) in [4.78, 5) is 12.4. The first kappa shape index (κ1) is 12.7. The number of likely N-dealkylation sites (tertiary alicyclic amines) is 1. The molecule has 2 aliphatic rings. The van der Waals surface area contributed by atoms with Crippen LogP contribution in [-0.2, 0) is 9.53 Å². The summed E-state index contributed by atoms with van der Waals surface area (Å²) >= 11 is 0. The Morgan fingerprint density at radius 2 is 2.18 bits per heavy atom. The molecule has 0 aromatic heterocycles. The van der Waals surface area contributed by atoms with Crippen LogP contribution in [0.1, 0.15) is 19.8 Å². The Labute approximate surface area is 97.9 Å². The van der Waals surface area contributed by atoms with E-state index < -0.39 is 23.5 Å². The van der Waals surface area contributed by atoms with Gasteiger partial charge >= 0.3 is 5.97 Å². The van der Waals surface area contributed by atoms with Gasteiger partial charge in [-0.05, 0) is 6.42 Å². The quantitative estimate of drug-likeness (QED) is 0.711. The second kappa shape index (κ2) is 4.15. The molecule has 2 rings (SSSR count). The standard InChI is InChI=1S/C11H16F3NO2/c1-8(16)17-7-10(5-11(10,13)14)6-15-3-2-9(12)4-15/h9H,2-7H2,1H3/t9-,10+/m0/s1. The van der Waals surface area contributed by atoms with Gasteiger partial charge in [0, 0.05) is 33.0 Å². The molecule has 6 heteroatoms. The summed E-state index contributed by atoms with van der Waals surface area (Å²) in [6.45, 7) is 1.73. The molecule has 1 heterocycles. The summed E-state index contributed by atoms with van der Waals surface area (Å²) in [5.74, 6) is -3.35. The van der Waals surface area contributed by atoms with Gasteiger partial charge in [0.1, 0.15) is 12.8 Å². The maximum absolute atomic E-state index is 13.3. The molecule has 1 saturated carbocycles. The molecular weight excluding hydrogens is 235 g/mol. The number of esters is 1. The van der Waals surface area contributed by atoms with Gasteiger partial charge in [-0.1, -0.05) is 0 Å². The van der Waals surface area contributed by atoms with Crippen LogP contribution in [0.5, 0.6) is 0 Å². The monoisotopic (exact) mass is 251 g/mol. The van der Waals surface area contributed by atoms with Crippen molar-refractivity contribution < 1.29 is 22.7 Å². The molecule has 1 aliphatic heterocycles. The highest BCUT2D eigenvalue weighted by atomic mass is 19.3. The fourth-order valence-corrected chi connectivity index (χ4v) is 2.35. The molecule has 98 valence electrons. The van der Waals surface area contributed by atoms with Crippen LogP contribution < -0.4 is 0 Å². The molecule has 1 saturated heterocycles. The number of hydrogen-bond donors (Lipinski definition) is 0. The van der Waals surface area contributed by atoms with Crippen molar-refractivity contribution in [3.63, 3.8) is 0 Å². The molecule has 0 amide bonds. The van der Waals surface area contributed by atoms with E-state index in [2.05, 4.69) is 0 Å². The van der Waals surface area contributed by atoms with Gasteiger partial charge in [-0.2, -0.15) is 0 Å². The number of nitrogens with zero attached hydrogens (tertiary/aromatic N) is 1. The lowest BCUT2D eigenvalue weighted by molar-refractivity contribution is -0.144. The highest BCUT2D eigenvalue weighted by molar-refractivity contribution is 5.66. The molecule has 0 aromatic carbocycles. The normalized spacial score (nSPS) is 35.9. The smallest absolute Gasteiger partial charge is 0.302 e. The largest absolute Gasteiger partial charge is 0.465 e. The fourth-order valence-electron chi connectivity index (χ4n) is 2.35. The van der Waals surface area contributed by atoms with Crippen LogP contribution in [-0.4, -0.2) is 49.2 Å². The first-order chi connectivity index (χ1) is 7.85. The van der Waals surface area contributed by atoms with Gasteiger partial charge in [0.05, 0.1) is 5.41 Å². The summed E-state index contributed by atoms with van der Waals surface area (Å²) in [5.41, 5.74) is -1.29. The summed E-state index contributed by atoms with van der Waals surface area (Å²) < 4.78 is 44.3. The lowest BCUT2D eigenvalue weighted by Gasteiger charge is -2.22. The Balaban J connectivity index is 1.92. The average molecular weight is 251 g/mol. The van der Waals surface area contributed by atoms with Crippen molar-refractivity contribution in [1.82, 2.24) is 4.90 Å². The third-order valence-corrected chi connectivity index (χ3v) is 3.50. The number of ether oxygens (including phenoxy) is 1. The number of alkyl halides is 3. The molecule has 0 spiro atoms. The summed E-state index contributed by atoms with van der Waals surface area (Å²) in [6, 6.07) is 0. The van der Waals surface area contributed by atoms with E-state index in [1.807, 2.05) is 0 Å². The van der Waals surface area contributed by atoms with E-state index in [1.165, 1.54) is 6.92 Å². The molecule has 0 radical (unpaired) electrons. The summed E-state index contributed by atoms with van der Waals surface area (Å²) in [6.07, 6.45) is -0.802. The Hall–Kier alpha value is -0.780. The first-order valence-corrected chi connectivity index (χ1v) is 5.72. The highest BCUT2D eigenvalue weighted by Crippen LogP contribution is 2.61. The lowest BCUT2D eigenvalue weighted by Crippen LogP contribution is -2.35. The minimum absolute atomic E-state index is 0.105. The Morgan fingerprint density at radius 3 is 2.59 bits per heavy atom. The fraction of sp³-hybridized carbons (Fsp3) is 0.909. The van der Waals surface area contributed by atoms with Crippen LogP contribution in [0.3, 0.4) is 0 Å². The Kier molecular flexibility index (Phi) is 3.10. The number of carbonyl (C=O) groups excluding carboxylic acids is 1. The molecule has 0 bridgehead atoms.